The van der Waals surface area contributed by atoms with E-state index in [1.165, 1.54) is 12.1 Å². The highest BCUT2D eigenvalue weighted by Gasteiger charge is 2.26. The van der Waals surface area contributed by atoms with Crippen molar-refractivity contribution < 1.29 is 39.3 Å². The summed E-state index contributed by atoms with van der Waals surface area (Å²) in [5.74, 6) is -4.52. The molecule has 0 saturated carbocycles. The molecule has 0 fully saturated rings. The van der Waals surface area contributed by atoms with E-state index in [0.717, 1.165) is 0 Å². The van der Waals surface area contributed by atoms with Gasteiger partial charge in [-0.25, -0.2) is 4.79 Å². The summed E-state index contributed by atoms with van der Waals surface area (Å²) in [4.78, 5) is 59.2. The van der Waals surface area contributed by atoms with Crippen molar-refractivity contribution in [2.45, 2.75) is 57.7 Å². The third-order valence-electron chi connectivity index (χ3n) is 4.77. The van der Waals surface area contributed by atoms with E-state index in [-0.39, 0.29) is 24.5 Å². The number of carbonyl (C=O) groups excluding carboxylic acids is 3. The molecule has 0 aliphatic carbocycles. The van der Waals surface area contributed by atoms with Crippen molar-refractivity contribution in [1.82, 2.24) is 16.0 Å². The molecule has 0 saturated heterocycles. The Hall–Kier alpha value is -3.67. The number of benzene rings is 1. The summed E-state index contributed by atoms with van der Waals surface area (Å²) < 4.78 is 0. The van der Waals surface area contributed by atoms with Crippen molar-refractivity contribution in [3.05, 3.63) is 29.8 Å². The summed E-state index contributed by atoms with van der Waals surface area (Å²) in [5, 5.41) is 34.3. The second-order valence-electron chi connectivity index (χ2n) is 8.28. The Bertz CT molecular complexity index is 872. The number of phenols is 1. The Labute approximate surface area is 196 Å². The van der Waals surface area contributed by atoms with Gasteiger partial charge in [0.1, 0.15) is 17.8 Å². The average molecular weight is 481 g/mol. The molecule has 1 aromatic carbocycles. The van der Waals surface area contributed by atoms with Gasteiger partial charge in [0.15, 0.2) is 0 Å². The molecular formula is C22H32N4O8. The minimum absolute atomic E-state index is 0.0281. The van der Waals surface area contributed by atoms with Crippen molar-refractivity contribution >= 4 is 29.7 Å². The number of aliphatic carboxylic acids is 2. The van der Waals surface area contributed by atoms with Crippen molar-refractivity contribution in [1.29, 1.82) is 0 Å². The van der Waals surface area contributed by atoms with E-state index in [1.54, 1.807) is 12.1 Å². The van der Waals surface area contributed by atoms with E-state index in [9.17, 15) is 29.1 Å². The fourth-order valence-corrected chi connectivity index (χ4v) is 3.03. The second-order valence-corrected chi connectivity index (χ2v) is 8.28. The zero-order valence-electron chi connectivity index (χ0n) is 19.1. The molecule has 0 radical (unpaired) electrons. The standard InChI is InChI=1S/C22H32N4O8/c1-12(2)9-15(23)20(31)26-17(10-13-3-5-14(27)6-4-13)21(32)24-11-18(28)25-16(22(33)34)7-8-19(29)30/h3-6,12,15-17,27H,7-11,23H2,1-2H3,(H,24,32)(H,25,28)(H,26,31)(H,29,30)(H,33,34). The van der Waals surface area contributed by atoms with Gasteiger partial charge in [-0.3, -0.25) is 19.2 Å². The molecular weight excluding hydrogens is 448 g/mol. The van der Waals surface area contributed by atoms with Crippen LogP contribution in [0.4, 0.5) is 0 Å². The zero-order chi connectivity index (χ0) is 25.8. The molecule has 0 aliphatic rings. The summed E-state index contributed by atoms with van der Waals surface area (Å²) in [6.07, 6.45) is -0.336. The molecule has 3 unspecified atom stereocenters. The van der Waals surface area contributed by atoms with Gasteiger partial charge in [-0.15, -0.1) is 0 Å². The van der Waals surface area contributed by atoms with Crippen LogP contribution in [-0.2, 0) is 30.4 Å². The smallest absolute Gasteiger partial charge is 0.326 e. The number of aromatic hydroxyl groups is 1. The maximum Gasteiger partial charge on any atom is 0.326 e. The average Bonchev–Trinajstić information content (AvgIpc) is 2.74. The third-order valence-corrected chi connectivity index (χ3v) is 4.77. The molecule has 12 nitrogen and oxygen atoms in total. The fraction of sp³-hybridized carbons (Fsp3) is 0.500. The number of hydrogen-bond acceptors (Lipinski definition) is 7. The molecule has 8 N–H and O–H groups in total. The van der Waals surface area contributed by atoms with Gasteiger partial charge < -0.3 is 37.0 Å². The molecule has 12 heteroatoms. The fourth-order valence-electron chi connectivity index (χ4n) is 3.03. The van der Waals surface area contributed by atoms with Gasteiger partial charge in [-0.1, -0.05) is 26.0 Å². The van der Waals surface area contributed by atoms with Gasteiger partial charge in [0, 0.05) is 12.8 Å². The Balaban J connectivity index is 2.82. The van der Waals surface area contributed by atoms with Gasteiger partial charge in [0.05, 0.1) is 12.6 Å². The van der Waals surface area contributed by atoms with Crippen LogP contribution in [-0.4, -0.2) is 69.7 Å². The number of nitrogens with one attached hydrogen (secondary N) is 3. The van der Waals surface area contributed by atoms with Crippen LogP contribution in [0.25, 0.3) is 0 Å². The lowest BCUT2D eigenvalue weighted by Gasteiger charge is -2.22. The predicted molar refractivity (Wildman–Crippen MR) is 121 cm³/mol. The van der Waals surface area contributed by atoms with Crippen LogP contribution in [0.5, 0.6) is 5.75 Å². The second kappa shape index (κ2) is 13.8. The van der Waals surface area contributed by atoms with Crippen LogP contribution in [0.2, 0.25) is 0 Å². The van der Waals surface area contributed by atoms with Gasteiger partial charge in [0.25, 0.3) is 0 Å². The molecule has 1 rings (SSSR count). The van der Waals surface area contributed by atoms with E-state index >= 15 is 0 Å². The number of nitrogens with two attached hydrogens (primary N) is 1. The molecule has 188 valence electrons. The quantitative estimate of drug-likeness (QED) is 0.180. The maximum atomic E-state index is 12.7. The largest absolute Gasteiger partial charge is 0.508 e. The summed E-state index contributed by atoms with van der Waals surface area (Å²) in [7, 11) is 0. The first-order chi connectivity index (χ1) is 15.9. The van der Waals surface area contributed by atoms with Gasteiger partial charge >= 0.3 is 11.9 Å². The predicted octanol–water partition coefficient (Wildman–Crippen LogP) is -0.657. The Morgan fingerprint density at radius 1 is 0.941 bits per heavy atom. The number of carbonyl (C=O) groups is 5. The number of hydrogen-bond donors (Lipinski definition) is 7. The molecule has 0 aliphatic heterocycles. The molecule has 0 aromatic heterocycles. The Kier molecular flexibility index (Phi) is 11.5. The minimum Gasteiger partial charge on any atom is -0.508 e. The lowest BCUT2D eigenvalue weighted by atomic mass is 10.0. The van der Waals surface area contributed by atoms with Crippen LogP contribution in [0.15, 0.2) is 24.3 Å². The molecule has 3 amide bonds. The number of carboxylic acids is 2. The molecule has 0 bridgehead atoms. The summed E-state index contributed by atoms with van der Waals surface area (Å²) in [5.41, 5.74) is 6.52. The van der Waals surface area contributed by atoms with Crippen LogP contribution in [0.1, 0.15) is 38.7 Å². The first-order valence-electron chi connectivity index (χ1n) is 10.7. The monoisotopic (exact) mass is 480 g/mol. The van der Waals surface area contributed by atoms with E-state index in [4.69, 9.17) is 15.9 Å². The lowest BCUT2D eigenvalue weighted by Crippen LogP contribution is -2.54. The van der Waals surface area contributed by atoms with Crippen molar-refractivity contribution in [2.24, 2.45) is 11.7 Å². The van der Waals surface area contributed by atoms with Crippen LogP contribution >= 0.6 is 0 Å². The lowest BCUT2D eigenvalue weighted by molar-refractivity contribution is -0.143. The molecule has 3 atom stereocenters. The van der Waals surface area contributed by atoms with Crippen molar-refractivity contribution in [3.8, 4) is 5.75 Å². The molecule has 0 heterocycles. The van der Waals surface area contributed by atoms with Gasteiger partial charge in [0.2, 0.25) is 17.7 Å². The Morgan fingerprint density at radius 3 is 2.09 bits per heavy atom. The van der Waals surface area contributed by atoms with E-state index in [2.05, 4.69) is 16.0 Å². The van der Waals surface area contributed by atoms with Crippen LogP contribution < -0.4 is 21.7 Å². The van der Waals surface area contributed by atoms with Crippen LogP contribution in [0.3, 0.4) is 0 Å². The first kappa shape index (κ1) is 28.4. The highest BCUT2D eigenvalue weighted by atomic mass is 16.4. The molecule has 0 spiro atoms. The molecule has 34 heavy (non-hydrogen) atoms. The maximum absolute atomic E-state index is 12.7. The Morgan fingerprint density at radius 2 is 1.56 bits per heavy atom. The van der Waals surface area contributed by atoms with E-state index in [0.29, 0.717) is 12.0 Å². The van der Waals surface area contributed by atoms with Gasteiger partial charge in [-0.2, -0.15) is 0 Å². The molecule has 1 aromatic rings. The number of phenolic OH excluding ortho intramolecular Hbond substituents is 1. The SMILES string of the molecule is CC(C)CC(N)C(=O)NC(Cc1ccc(O)cc1)C(=O)NCC(=O)NC(CCC(=O)O)C(=O)O. The normalized spacial score (nSPS) is 13.4. The number of carboxylic acid groups (broad SMARTS) is 2. The minimum atomic E-state index is -1.43. The zero-order valence-corrected chi connectivity index (χ0v) is 19.1. The summed E-state index contributed by atoms with van der Waals surface area (Å²) in [6, 6.07) is 2.63. The summed E-state index contributed by atoms with van der Waals surface area (Å²) in [6.45, 7) is 3.20. The van der Waals surface area contributed by atoms with Crippen molar-refractivity contribution in [2.75, 3.05) is 6.54 Å². The summed E-state index contributed by atoms with van der Waals surface area (Å²) >= 11 is 0. The van der Waals surface area contributed by atoms with Crippen LogP contribution in [0, 0.1) is 5.92 Å². The van der Waals surface area contributed by atoms with E-state index < -0.39 is 60.8 Å². The highest BCUT2D eigenvalue weighted by Crippen LogP contribution is 2.12. The number of rotatable bonds is 14. The first-order valence-corrected chi connectivity index (χ1v) is 10.7. The van der Waals surface area contributed by atoms with Crippen molar-refractivity contribution in [3.63, 3.8) is 0 Å². The topological polar surface area (TPSA) is 208 Å². The third kappa shape index (κ3) is 10.8. The van der Waals surface area contributed by atoms with E-state index in [1.807, 2.05) is 13.8 Å². The number of amides is 3. The van der Waals surface area contributed by atoms with Gasteiger partial charge in [-0.05, 0) is 36.5 Å². The highest BCUT2D eigenvalue weighted by molar-refractivity contribution is 5.92.